The van der Waals surface area contributed by atoms with Crippen LogP contribution in [0.3, 0.4) is 0 Å². The molecule has 1 unspecified atom stereocenters. The highest BCUT2D eigenvalue weighted by Gasteiger charge is 2.26. The standard InChI is InChI=1S/C21H27N5O5S/c1-14(23-21(22)28)20(27)24-15-9-10-17(26-11-5-6-12-26)19(13-15)32(29,30)25-16-7-3-4-8-18(16)31-2/h3-4,7-10,13-14,25H,5-6,11-12H2,1-2H3,(H,24,27)(H3,22,23,28). The smallest absolute Gasteiger partial charge is 0.312 e. The van der Waals surface area contributed by atoms with Crippen LogP contribution in [-0.2, 0) is 14.8 Å². The number of para-hydroxylation sites is 2. The van der Waals surface area contributed by atoms with Gasteiger partial charge in [-0.15, -0.1) is 0 Å². The Morgan fingerprint density at radius 2 is 1.81 bits per heavy atom. The molecule has 3 rings (SSSR count). The lowest BCUT2D eigenvalue weighted by Crippen LogP contribution is -2.44. The molecule has 0 bridgehead atoms. The number of primary amides is 1. The van der Waals surface area contributed by atoms with Crippen molar-refractivity contribution in [3.8, 4) is 5.75 Å². The Hall–Kier alpha value is -3.47. The van der Waals surface area contributed by atoms with Crippen LogP contribution in [0.25, 0.3) is 0 Å². The predicted molar refractivity (Wildman–Crippen MR) is 123 cm³/mol. The maximum atomic E-state index is 13.4. The van der Waals surface area contributed by atoms with Gasteiger partial charge in [0.05, 0.1) is 18.5 Å². The van der Waals surface area contributed by atoms with Crippen LogP contribution in [0.5, 0.6) is 5.75 Å². The molecular formula is C21H27N5O5S. The molecule has 1 aliphatic heterocycles. The summed E-state index contributed by atoms with van der Waals surface area (Å²) < 4.78 is 34.6. The van der Waals surface area contributed by atoms with Gasteiger partial charge in [0, 0.05) is 18.8 Å². The zero-order chi connectivity index (χ0) is 23.3. The van der Waals surface area contributed by atoms with Crippen LogP contribution >= 0.6 is 0 Å². The third kappa shape index (κ3) is 5.41. The van der Waals surface area contributed by atoms with E-state index in [2.05, 4.69) is 15.4 Å². The number of benzene rings is 2. The van der Waals surface area contributed by atoms with Gasteiger partial charge in [-0.05, 0) is 50.1 Å². The maximum absolute atomic E-state index is 13.4. The van der Waals surface area contributed by atoms with Gasteiger partial charge < -0.3 is 26.0 Å². The number of amides is 3. The van der Waals surface area contributed by atoms with Gasteiger partial charge in [0.15, 0.2) is 0 Å². The van der Waals surface area contributed by atoms with Crippen molar-refractivity contribution in [2.24, 2.45) is 5.73 Å². The normalized spacial score (nSPS) is 14.5. The highest BCUT2D eigenvalue weighted by molar-refractivity contribution is 7.93. The molecule has 10 nitrogen and oxygen atoms in total. The number of anilines is 3. The van der Waals surface area contributed by atoms with Crippen LogP contribution in [0.4, 0.5) is 21.9 Å². The van der Waals surface area contributed by atoms with E-state index in [9.17, 15) is 18.0 Å². The Kier molecular flexibility index (Phi) is 7.08. The summed E-state index contributed by atoms with van der Waals surface area (Å²) in [6.45, 7) is 2.95. The minimum absolute atomic E-state index is 0.0265. The van der Waals surface area contributed by atoms with Gasteiger partial charge in [-0.2, -0.15) is 0 Å². The third-order valence-electron chi connectivity index (χ3n) is 5.07. The fourth-order valence-corrected chi connectivity index (χ4v) is 4.81. The molecule has 0 aromatic heterocycles. The van der Waals surface area contributed by atoms with Crippen molar-refractivity contribution >= 4 is 39.0 Å². The van der Waals surface area contributed by atoms with Crippen molar-refractivity contribution in [3.05, 3.63) is 42.5 Å². The number of nitrogens with zero attached hydrogens (tertiary/aromatic N) is 1. The molecule has 11 heteroatoms. The minimum atomic E-state index is -4.02. The van der Waals surface area contributed by atoms with E-state index in [1.165, 1.54) is 20.1 Å². The van der Waals surface area contributed by atoms with E-state index in [4.69, 9.17) is 10.5 Å². The monoisotopic (exact) mass is 461 g/mol. The van der Waals surface area contributed by atoms with Crippen molar-refractivity contribution in [2.75, 3.05) is 35.1 Å². The summed E-state index contributed by atoms with van der Waals surface area (Å²) >= 11 is 0. The summed E-state index contributed by atoms with van der Waals surface area (Å²) in [6.07, 6.45) is 1.93. The molecule has 32 heavy (non-hydrogen) atoms. The summed E-state index contributed by atoms with van der Waals surface area (Å²) in [6, 6.07) is 9.68. The van der Waals surface area contributed by atoms with Crippen molar-refractivity contribution in [1.29, 1.82) is 0 Å². The first kappa shape index (κ1) is 23.2. The second-order valence-corrected chi connectivity index (χ2v) is 9.05. The predicted octanol–water partition coefficient (Wildman–Crippen LogP) is 2.09. The molecule has 0 spiro atoms. The van der Waals surface area contributed by atoms with Crippen molar-refractivity contribution in [2.45, 2.75) is 30.7 Å². The second kappa shape index (κ2) is 9.77. The first-order valence-electron chi connectivity index (χ1n) is 10.1. The van der Waals surface area contributed by atoms with E-state index in [-0.39, 0.29) is 10.6 Å². The van der Waals surface area contributed by atoms with E-state index in [0.29, 0.717) is 17.1 Å². The number of rotatable bonds is 8. The molecular weight excluding hydrogens is 434 g/mol. The molecule has 0 aliphatic carbocycles. The molecule has 1 fully saturated rings. The van der Waals surface area contributed by atoms with E-state index >= 15 is 0 Å². The van der Waals surface area contributed by atoms with Crippen LogP contribution in [0.1, 0.15) is 19.8 Å². The lowest BCUT2D eigenvalue weighted by molar-refractivity contribution is -0.117. The fourth-order valence-electron chi connectivity index (χ4n) is 3.48. The van der Waals surface area contributed by atoms with Gasteiger partial charge >= 0.3 is 6.03 Å². The highest BCUT2D eigenvalue weighted by Crippen LogP contribution is 2.34. The minimum Gasteiger partial charge on any atom is -0.495 e. The lowest BCUT2D eigenvalue weighted by atomic mass is 10.2. The first-order valence-corrected chi connectivity index (χ1v) is 11.6. The van der Waals surface area contributed by atoms with Crippen molar-refractivity contribution < 1.29 is 22.7 Å². The third-order valence-corrected chi connectivity index (χ3v) is 6.46. The molecule has 1 heterocycles. The quantitative estimate of drug-likeness (QED) is 0.474. The first-order chi connectivity index (χ1) is 15.2. The van der Waals surface area contributed by atoms with Gasteiger partial charge in [0.25, 0.3) is 10.0 Å². The number of carbonyl (C=O) groups is 2. The molecule has 1 aliphatic rings. The van der Waals surface area contributed by atoms with Gasteiger partial charge in [-0.25, -0.2) is 13.2 Å². The van der Waals surface area contributed by atoms with Crippen molar-refractivity contribution in [1.82, 2.24) is 5.32 Å². The molecule has 5 N–H and O–H groups in total. The van der Waals surface area contributed by atoms with E-state index < -0.39 is 28.0 Å². The van der Waals surface area contributed by atoms with E-state index in [1.54, 1.807) is 36.4 Å². The van der Waals surface area contributed by atoms with Crippen LogP contribution < -0.4 is 30.7 Å². The summed E-state index contributed by atoms with van der Waals surface area (Å²) in [5, 5.41) is 4.90. The Bertz CT molecular complexity index is 1100. The summed E-state index contributed by atoms with van der Waals surface area (Å²) in [5.74, 6) is -0.145. The number of ether oxygens (including phenoxy) is 1. The lowest BCUT2D eigenvalue weighted by Gasteiger charge is -2.23. The molecule has 0 radical (unpaired) electrons. The van der Waals surface area contributed by atoms with Gasteiger partial charge in [0.1, 0.15) is 16.7 Å². The highest BCUT2D eigenvalue weighted by atomic mass is 32.2. The molecule has 172 valence electrons. The van der Waals surface area contributed by atoms with Gasteiger partial charge in [0.2, 0.25) is 5.91 Å². The Morgan fingerprint density at radius 3 is 2.47 bits per heavy atom. The fraction of sp³-hybridized carbons (Fsp3) is 0.333. The van der Waals surface area contributed by atoms with Crippen LogP contribution in [0.15, 0.2) is 47.4 Å². The number of carbonyl (C=O) groups excluding carboxylic acids is 2. The molecule has 0 saturated carbocycles. The number of methoxy groups -OCH3 is 1. The van der Waals surface area contributed by atoms with E-state index in [1.807, 2.05) is 4.90 Å². The molecule has 1 saturated heterocycles. The van der Waals surface area contributed by atoms with E-state index in [0.717, 1.165) is 25.9 Å². The van der Waals surface area contributed by atoms with Crippen LogP contribution in [-0.4, -0.2) is 46.6 Å². The molecule has 1 atom stereocenters. The zero-order valence-electron chi connectivity index (χ0n) is 17.9. The number of nitrogens with two attached hydrogens (primary N) is 1. The number of nitrogens with one attached hydrogen (secondary N) is 3. The average molecular weight is 462 g/mol. The Labute approximate surface area is 187 Å². The van der Waals surface area contributed by atoms with Crippen LogP contribution in [0.2, 0.25) is 0 Å². The second-order valence-electron chi connectivity index (χ2n) is 7.40. The summed E-state index contributed by atoms with van der Waals surface area (Å²) in [4.78, 5) is 25.4. The summed E-state index contributed by atoms with van der Waals surface area (Å²) in [7, 11) is -2.57. The number of hydrogen-bond acceptors (Lipinski definition) is 6. The topological polar surface area (TPSA) is 143 Å². The Morgan fingerprint density at radius 1 is 1.12 bits per heavy atom. The number of hydrogen-bond donors (Lipinski definition) is 4. The van der Waals surface area contributed by atoms with Crippen LogP contribution in [0, 0.1) is 0 Å². The maximum Gasteiger partial charge on any atom is 0.312 e. The van der Waals surface area contributed by atoms with Gasteiger partial charge in [-0.1, -0.05) is 12.1 Å². The molecule has 3 amide bonds. The summed E-state index contributed by atoms with van der Waals surface area (Å²) in [5.41, 5.74) is 6.18. The largest absolute Gasteiger partial charge is 0.495 e. The molecule has 2 aromatic rings. The average Bonchev–Trinajstić information content (AvgIpc) is 3.28. The van der Waals surface area contributed by atoms with Crippen molar-refractivity contribution in [3.63, 3.8) is 0 Å². The molecule has 2 aromatic carbocycles. The van der Waals surface area contributed by atoms with Gasteiger partial charge in [-0.3, -0.25) is 9.52 Å². The SMILES string of the molecule is COc1ccccc1NS(=O)(=O)c1cc(NC(=O)C(C)NC(N)=O)ccc1N1CCCC1. The number of sulfonamides is 1. The Balaban J connectivity index is 1.96. The number of urea groups is 1. The zero-order valence-corrected chi connectivity index (χ0v) is 18.7.